The number of halogens is 3. The minimum atomic E-state index is -0.545. The van der Waals surface area contributed by atoms with Gasteiger partial charge >= 0.3 is 5.63 Å². The SMILES string of the molecule is Cc1c(O)ccc2c(CN[C@@H](C)c3cc(F)c(Cl)cc3Cl)cc(=O)oc12. The van der Waals surface area contributed by atoms with Crippen LogP contribution in [0, 0.1) is 12.7 Å². The maximum Gasteiger partial charge on any atom is 0.336 e. The molecule has 1 atom stereocenters. The first-order chi connectivity index (χ1) is 12.3. The molecule has 0 fully saturated rings. The van der Waals surface area contributed by atoms with Gasteiger partial charge in [0.15, 0.2) is 0 Å². The molecule has 3 aromatic rings. The normalized spacial score (nSPS) is 12.5. The van der Waals surface area contributed by atoms with Crippen molar-refractivity contribution in [3.05, 3.63) is 73.3 Å². The fraction of sp³-hybridized carbons (Fsp3) is 0.211. The number of phenols is 1. The summed E-state index contributed by atoms with van der Waals surface area (Å²) in [4.78, 5) is 11.9. The van der Waals surface area contributed by atoms with Crippen LogP contribution in [-0.2, 0) is 6.54 Å². The van der Waals surface area contributed by atoms with Crippen molar-refractivity contribution in [2.75, 3.05) is 0 Å². The van der Waals surface area contributed by atoms with Gasteiger partial charge in [0.1, 0.15) is 17.1 Å². The van der Waals surface area contributed by atoms with Crippen LogP contribution in [0.25, 0.3) is 11.0 Å². The number of benzene rings is 2. The van der Waals surface area contributed by atoms with Gasteiger partial charge in [0.05, 0.1) is 5.02 Å². The topological polar surface area (TPSA) is 62.5 Å². The Balaban J connectivity index is 1.92. The lowest BCUT2D eigenvalue weighted by Crippen LogP contribution is -2.19. The van der Waals surface area contributed by atoms with Crippen LogP contribution >= 0.6 is 23.2 Å². The maximum absolute atomic E-state index is 13.7. The van der Waals surface area contributed by atoms with Crippen molar-refractivity contribution >= 4 is 34.2 Å². The molecule has 2 aromatic carbocycles. The zero-order chi connectivity index (χ0) is 19.0. The average Bonchev–Trinajstić information content (AvgIpc) is 2.59. The summed E-state index contributed by atoms with van der Waals surface area (Å²) in [5.74, 6) is -0.487. The summed E-state index contributed by atoms with van der Waals surface area (Å²) in [6.45, 7) is 3.84. The summed E-state index contributed by atoms with van der Waals surface area (Å²) >= 11 is 11.9. The molecule has 0 spiro atoms. The van der Waals surface area contributed by atoms with Gasteiger partial charge in [-0.05, 0) is 49.2 Å². The molecule has 0 aliphatic heterocycles. The van der Waals surface area contributed by atoms with Crippen molar-refractivity contribution in [3.8, 4) is 5.75 Å². The fourth-order valence-electron chi connectivity index (χ4n) is 2.80. The number of fused-ring (bicyclic) bond motifs is 1. The number of aromatic hydroxyl groups is 1. The van der Waals surface area contributed by atoms with Gasteiger partial charge in [-0.3, -0.25) is 0 Å². The van der Waals surface area contributed by atoms with Crippen molar-refractivity contribution in [3.63, 3.8) is 0 Å². The molecule has 3 rings (SSSR count). The number of rotatable bonds is 4. The molecule has 0 unspecified atom stereocenters. The van der Waals surface area contributed by atoms with Crippen LogP contribution in [0.2, 0.25) is 10.0 Å². The molecule has 0 saturated carbocycles. The maximum atomic E-state index is 13.7. The van der Waals surface area contributed by atoms with Crippen molar-refractivity contribution in [1.82, 2.24) is 5.32 Å². The standard InChI is InChI=1S/C19H16Cl2FNO3/c1-9-17(24)4-3-12-11(5-18(25)26-19(9)12)8-23-10(2)13-6-16(22)15(21)7-14(13)20/h3-7,10,23-24H,8H2,1-2H3/t10-/m0/s1. The van der Waals surface area contributed by atoms with Crippen molar-refractivity contribution in [2.24, 2.45) is 0 Å². The highest BCUT2D eigenvalue weighted by Gasteiger charge is 2.15. The van der Waals surface area contributed by atoms with E-state index in [-0.39, 0.29) is 16.8 Å². The predicted octanol–water partition coefficient (Wildman–Crippen LogP) is 5.10. The quantitative estimate of drug-likeness (QED) is 0.476. The first kappa shape index (κ1) is 18.7. The summed E-state index contributed by atoms with van der Waals surface area (Å²) < 4.78 is 19.0. The van der Waals surface area contributed by atoms with E-state index in [1.165, 1.54) is 18.2 Å². The molecule has 0 aliphatic carbocycles. The lowest BCUT2D eigenvalue weighted by molar-refractivity contribution is 0.468. The van der Waals surface area contributed by atoms with Gasteiger partial charge < -0.3 is 14.8 Å². The highest BCUT2D eigenvalue weighted by Crippen LogP contribution is 2.30. The molecule has 1 aromatic heterocycles. The Morgan fingerprint density at radius 2 is 1.96 bits per heavy atom. The monoisotopic (exact) mass is 395 g/mol. The van der Waals surface area contributed by atoms with E-state index in [0.29, 0.717) is 39.2 Å². The van der Waals surface area contributed by atoms with Crippen molar-refractivity contribution in [1.29, 1.82) is 0 Å². The molecule has 7 heteroatoms. The molecule has 136 valence electrons. The van der Waals surface area contributed by atoms with E-state index in [0.717, 1.165) is 0 Å². The van der Waals surface area contributed by atoms with Gasteiger partial charge in [-0.2, -0.15) is 0 Å². The summed E-state index contributed by atoms with van der Waals surface area (Å²) in [7, 11) is 0. The van der Waals surface area contributed by atoms with E-state index < -0.39 is 11.4 Å². The summed E-state index contributed by atoms with van der Waals surface area (Å²) in [5, 5.41) is 14.1. The molecule has 0 radical (unpaired) electrons. The molecule has 4 nitrogen and oxygen atoms in total. The average molecular weight is 396 g/mol. The number of hydrogen-bond acceptors (Lipinski definition) is 4. The molecule has 0 bridgehead atoms. The highest BCUT2D eigenvalue weighted by atomic mass is 35.5. The third kappa shape index (κ3) is 3.56. The van der Waals surface area contributed by atoms with Crippen LogP contribution in [-0.4, -0.2) is 5.11 Å². The molecule has 0 saturated heterocycles. The smallest absolute Gasteiger partial charge is 0.336 e. The van der Waals surface area contributed by atoms with Crippen molar-refractivity contribution in [2.45, 2.75) is 26.4 Å². The second-order valence-electron chi connectivity index (χ2n) is 6.07. The first-order valence-corrected chi connectivity index (χ1v) is 8.66. The largest absolute Gasteiger partial charge is 0.508 e. The van der Waals surface area contributed by atoms with E-state index in [1.54, 1.807) is 19.1 Å². The van der Waals surface area contributed by atoms with Crippen LogP contribution in [0.3, 0.4) is 0 Å². The molecule has 0 amide bonds. The van der Waals surface area contributed by atoms with E-state index in [2.05, 4.69) is 5.32 Å². The Hall–Kier alpha value is -2.08. The predicted molar refractivity (Wildman–Crippen MR) is 101 cm³/mol. The second kappa shape index (κ2) is 7.27. The molecule has 2 N–H and O–H groups in total. The van der Waals surface area contributed by atoms with E-state index in [4.69, 9.17) is 27.6 Å². The van der Waals surface area contributed by atoms with Crippen LogP contribution in [0.4, 0.5) is 4.39 Å². The third-order valence-corrected chi connectivity index (χ3v) is 4.94. The third-order valence-electron chi connectivity index (χ3n) is 4.32. The highest BCUT2D eigenvalue weighted by molar-refractivity contribution is 6.35. The molecule has 0 aliphatic rings. The molecular formula is C19H16Cl2FNO3. The number of nitrogens with one attached hydrogen (secondary N) is 1. The van der Waals surface area contributed by atoms with E-state index >= 15 is 0 Å². The van der Waals surface area contributed by atoms with Gasteiger partial charge in [0, 0.05) is 34.6 Å². The zero-order valence-electron chi connectivity index (χ0n) is 14.1. The number of hydrogen-bond donors (Lipinski definition) is 2. The lowest BCUT2D eigenvalue weighted by atomic mass is 10.0. The van der Waals surface area contributed by atoms with Crippen molar-refractivity contribution < 1.29 is 13.9 Å². The minimum Gasteiger partial charge on any atom is -0.508 e. The van der Waals surface area contributed by atoms with Crippen LogP contribution < -0.4 is 10.9 Å². The van der Waals surface area contributed by atoms with E-state index in [9.17, 15) is 14.3 Å². The summed E-state index contributed by atoms with van der Waals surface area (Å²) in [5.41, 5.74) is 1.60. The van der Waals surface area contributed by atoms with Crippen LogP contribution in [0.15, 0.2) is 39.5 Å². The molecule has 26 heavy (non-hydrogen) atoms. The summed E-state index contributed by atoms with van der Waals surface area (Å²) in [6, 6.07) is 7.01. The van der Waals surface area contributed by atoms with Crippen LogP contribution in [0.5, 0.6) is 5.75 Å². The fourth-order valence-corrected chi connectivity index (χ4v) is 3.35. The van der Waals surface area contributed by atoms with Gasteiger partial charge in [-0.15, -0.1) is 0 Å². The Morgan fingerprint density at radius 1 is 1.23 bits per heavy atom. The van der Waals surface area contributed by atoms with Gasteiger partial charge in [-0.1, -0.05) is 23.2 Å². The number of phenolic OH excluding ortho intramolecular Hbond substituents is 1. The van der Waals surface area contributed by atoms with Gasteiger partial charge in [-0.25, -0.2) is 9.18 Å². The lowest BCUT2D eigenvalue weighted by Gasteiger charge is -2.17. The Kier molecular flexibility index (Phi) is 5.23. The van der Waals surface area contributed by atoms with E-state index in [1.807, 2.05) is 6.92 Å². The molecular weight excluding hydrogens is 380 g/mol. The van der Waals surface area contributed by atoms with Gasteiger partial charge in [0.25, 0.3) is 0 Å². The van der Waals surface area contributed by atoms with Crippen LogP contribution in [0.1, 0.15) is 29.7 Å². The summed E-state index contributed by atoms with van der Waals surface area (Å²) in [6.07, 6.45) is 0. The molecule has 1 heterocycles. The first-order valence-electron chi connectivity index (χ1n) is 7.91. The Bertz CT molecular complexity index is 1050. The Labute approximate surface area is 159 Å². The minimum absolute atomic E-state index is 0.0344. The van der Waals surface area contributed by atoms with Gasteiger partial charge in [0.2, 0.25) is 0 Å². The zero-order valence-corrected chi connectivity index (χ0v) is 15.6. The second-order valence-corrected chi connectivity index (χ2v) is 6.88. The number of aryl methyl sites for hydroxylation is 1. The Morgan fingerprint density at radius 3 is 2.69 bits per heavy atom.